The fourth-order valence-electron chi connectivity index (χ4n) is 3.76. The fourth-order valence-corrected chi connectivity index (χ4v) is 5.49. The average Bonchev–Trinajstić information content (AvgIpc) is 2.90. The van der Waals surface area contributed by atoms with E-state index < -0.39 is 40.2 Å². The molecule has 3 aromatic rings. The SMILES string of the molecule is CCC(C(=O)NC)N(Cc1ccc(Cl)cc1)C(=O)CN(c1ccc(F)c(Cl)c1)S(=O)(=O)c1ccccc1. The number of carbonyl (C=O) groups is 2. The van der Waals surface area contributed by atoms with E-state index in [1.165, 1.54) is 30.1 Å². The third-order valence-electron chi connectivity index (χ3n) is 5.70. The molecule has 0 bridgehead atoms. The Balaban J connectivity index is 2.06. The van der Waals surface area contributed by atoms with E-state index in [4.69, 9.17) is 23.2 Å². The van der Waals surface area contributed by atoms with Crippen LogP contribution in [0.1, 0.15) is 18.9 Å². The summed E-state index contributed by atoms with van der Waals surface area (Å²) in [6.45, 7) is 1.13. The highest BCUT2D eigenvalue weighted by Gasteiger charge is 2.33. The highest BCUT2D eigenvalue weighted by atomic mass is 35.5. The second-order valence-corrected chi connectivity index (χ2v) is 10.8. The number of nitrogens with zero attached hydrogens (tertiary/aromatic N) is 2. The van der Waals surface area contributed by atoms with Crippen molar-refractivity contribution in [2.75, 3.05) is 17.9 Å². The zero-order valence-corrected chi connectivity index (χ0v) is 22.5. The number of halogens is 3. The van der Waals surface area contributed by atoms with Crippen LogP contribution in [0.25, 0.3) is 0 Å². The van der Waals surface area contributed by atoms with Gasteiger partial charge < -0.3 is 10.2 Å². The smallest absolute Gasteiger partial charge is 0.264 e. The second-order valence-electron chi connectivity index (χ2n) is 8.11. The van der Waals surface area contributed by atoms with Crippen molar-refractivity contribution < 1.29 is 22.4 Å². The lowest BCUT2D eigenvalue weighted by Crippen LogP contribution is -2.51. The fraction of sp³-hybridized carbons (Fsp3) is 0.231. The molecule has 1 unspecified atom stereocenters. The van der Waals surface area contributed by atoms with E-state index in [9.17, 15) is 22.4 Å². The average molecular weight is 566 g/mol. The molecule has 0 spiro atoms. The molecule has 196 valence electrons. The molecule has 0 radical (unpaired) electrons. The van der Waals surface area contributed by atoms with Crippen LogP contribution in [0, 0.1) is 5.82 Å². The number of rotatable bonds is 10. The Hall–Kier alpha value is -3.14. The van der Waals surface area contributed by atoms with Gasteiger partial charge in [0, 0.05) is 18.6 Å². The molecular formula is C26H26Cl2FN3O4S. The molecule has 0 saturated heterocycles. The van der Waals surface area contributed by atoms with Gasteiger partial charge in [0.2, 0.25) is 11.8 Å². The van der Waals surface area contributed by atoms with E-state index in [-0.39, 0.29) is 28.6 Å². The van der Waals surface area contributed by atoms with Crippen LogP contribution in [0.3, 0.4) is 0 Å². The predicted molar refractivity (Wildman–Crippen MR) is 143 cm³/mol. The first-order chi connectivity index (χ1) is 17.6. The molecule has 7 nitrogen and oxygen atoms in total. The number of sulfonamides is 1. The Morgan fingerprint density at radius 2 is 1.65 bits per heavy atom. The number of anilines is 1. The van der Waals surface area contributed by atoms with Crippen LogP contribution < -0.4 is 9.62 Å². The first-order valence-electron chi connectivity index (χ1n) is 11.4. The van der Waals surface area contributed by atoms with E-state index >= 15 is 0 Å². The summed E-state index contributed by atoms with van der Waals surface area (Å²) in [6, 6.07) is 16.8. The minimum absolute atomic E-state index is 0.00281. The molecule has 0 aliphatic heterocycles. The van der Waals surface area contributed by atoms with Crippen LogP contribution in [0.2, 0.25) is 10.0 Å². The summed E-state index contributed by atoms with van der Waals surface area (Å²) in [7, 11) is -2.80. The molecule has 0 saturated carbocycles. The molecule has 0 aliphatic rings. The maximum Gasteiger partial charge on any atom is 0.264 e. The van der Waals surface area contributed by atoms with Crippen LogP contribution in [-0.4, -0.2) is 44.8 Å². The molecule has 0 heterocycles. The van der Waals surface area contributed by atoms with Gasteiger partial charge in [-0.05, 0) is 54.4 Å². The van der Waals surface area contributed by atoms with Crippen molar-refractivity contribution in [1.82, 2.24) is 10.2 Å². The molecule has 2 amide bonds. The van der Waals surface area contributed by atoms with Crippen molar-refractivity contribution in [2.45, 2.75) is 30.8 Å². The molecule has 0 aromatic heterocycles. The van der Waals surface area contributed by atoms with Crippen molar-refractivity contribution in [3.63, 3.8) is 0 Å². The lowest BCUT2D eigenvalue weighted by Gasteiger charge is -2.33. The molecule has 3 rings (SSSR count). The standard InChI is InChI=1S/C26H26Cl2FN3O4S/c1-3-24(26(34)30-2)31(16-18-9-11-19(27)12-10-18)25(33)17-32(20-13-14-23(29)22(28)15-20)37(35,36)21-7-5-4-6-8-21/h4-15,24H,3,16-17H2,1-2H3,(H,30,34). The molecule has 0 fully saturated rings. The van der Waals surface area contributed by atoms with Crippen molar-refractivity contribution in [1.29, 1.82) is 0 Å². The maximum atomic E-state index is 13.9. The van der Waals surface area contributed by atoms with Gasteiger partial charge in [0.05, 0.1) is 15.6 Å². The monoisotopic (exact) mass is 565 g/mol. The summed E-state index contributed by atoms with van der Waals surface area (Å²) in [6.07, 6.45) is 0.285. The quantitative estimate of drug-likeness (QED) is 0.379. The first kappa shape index (κ1) is 28.4. The van der Waals surface area contributed by atoms with Gasteiger partial charge in [0.15, 0.2) is 0 Å². The predicted octanol–water partition coefficient (Wildman–Crippen LogP) is 4.88. The van der Waals surface area contributed by atoms with Gasteiger partial charge in [-0.1, -0.05) is 60.5 Å². The second kappa shape index (κ2) is 12.4. The Bertz CT molecular complexity index is 1360. The Morgan fingerprint density at radius 1 is 1.00 bits per heavy atom. The highest BCUT2D eigenvalue weighted by Crippen LogP contribution is 2.28. The summed E-state index contributed by atoms with van der Waals surface area (Å²) < 4.78 is 42.0. The normalized spacial score (nSPS) is 12.0. The number of likely N-dealkylation sites (N-methyl/N-ethyl adjacent to an activating group) is 1. The zero-order chi connectivity index (χ0) is 27.2. The zero-order valence-electron chi connectivity index (χ0n) is 20.2. The van der Waals surface area contributed by atoms with E-state index in [1.54, 1.807) is 49.4 Å². The van der Waals surface area contributed by atoms with Gasteiger partial charge in [-0.2, -0.15) is 0 Å². The van der Waals surface area contributed by atoms with Crippen LogP contribution in [0.15, 0.2) is 77.7 Å². The minimum Gasteiger partial charge on any atom is -0.357 e. The summed E-state index contributed by atoms with van der Waals surface area (Å²) in [5.74, 6) is -1.76. The number of nitrogens with one attached hydrogen (secondary N) is 1. The largest absolute Gasteiger partial charge is 0.357 e. The minimum atomic E-state index is -4.26. The van der Waals surface area contributed by atoms with Crippen molar-refractivity contribution in [3.05, 3.63) is 94.2 Å². The Kier molecular flexibility index (Phi) is 9.53. The maximum absolute atomic E-state index is 13.9. The van der Waals surface area contributed by atoms with Gasteiger partial charge in [-0.3, -0.25) is 13.9 Å². The molecule has 1 N–H and O–H groups in total. The molecular weight excluding hydrogens is 540 g/mol. The van der Waals surface area contributed by atoms with Gasteiger partial charge in [-0.15, -0.1) is 0 Å². The number of benzene rings is 3. The Labute approximate surface area is 225 Å². The van der Waals surface area contributed by atoms with Crippen LogP contribution >= 0.6 is 23.2 Å². The number of amides is 2. The molecule has 3 aromatic carbocycles. The van der Waals surface area contributed by atoms with Gasteiger partial charge in [0.1, 0.15) is 18.4 Å². The summed E-state index contributed by atoms with van der Waals surface area (Å²) in [5.41, 5.74) is 0.699. The summed E-state index contributed by atoms with van der Waals surface area (Å²) in [4.78, 5) is 27.7. The molecule has 11 heteroatoms. The highest BCUT2D eigenvalue weighted by molar-refractivity contribution is 7.92. The number of hydrogen-bond acceptors (Lipinski definition) is 4. The summed E-state index contributed by atoms with van der Waals surface area (Å²) in [5, 5.41) is 2.77. The number of carbonyl (C=O) groups excluding carboxylic acids is 2. The lowest BCUT2D eigenvalue weighted by molar-refractivity contribution is -0.140. The molecule has 37 heavy (non-hydrogen) atoms. The third-order valence-corrected chi connectivity index (χ3v) is 8.03. The van der Waals surface area contributed by atoms with Gasteiger partial charge in [-0.25, -0.2) is 12.8 Å². The van der Waals surface area contributed by atoms with Crippen molar-refractivity contribution in [3.8, 4) is 0 Å². The van der Waals surface area contributed by atoms with E-state index in [0.717, 1.165) is 16.4 Å². The van der Waals surface area contributed by atoms with Crippen molar-refractivity contribution >= 4 is 50.7 Å². The molecule has 0 aliphatic carbocycles. The van der Waals surface area contributed by atoms with Crippen molar-refractivity contribution in [2.24, 2.45) is 0 Å². The van der Waals surface area contributed by atoms with Crippen LogP contribution in [0.5, 0.6) is 0 Å². The lowest BCUT2D eigenvalue weighted by atomic mass is 10.1. The first-order valence-corrected chi connectivity index (χ1v) is 13.6. The van der Waals surface area contributed by atoms with E-state index in [2.05, 4.69) is 5.32 Å². The van der Waals surface area contributed by atoms with E-state index in [0.29, 0.717) is 10.6 Å². The molecule has 1 atom stereocenters. The van der Waals surface area contributed by atoms with Gasteiger partial charge in [0.25, 0.3) is 10.0 Å². The van der Waals surface area contributed by atoms with Crippen LogP contribution in [-0.2, 0) is 26.2 Å². The Morgan fingerprint density at radius 3 is 2.22 bits per heavy atom. The van der Waals surface area contributed by atoms with E-state index in [1.807, 2.05) is 0 Å². The van der Waals surface area contributed by atoms with Crippen LogP contribution in [0.4, 0.5) is 10.1 Å². The summed E-state index contributed by atoms with van der Waals surface area (Å²) >= 11 is 11.9. The van der Waals surface area contributed by atoms with Gasteiger partial charge >= 0.3 is 0 Å². The third kappa shape index (κ3) is 6.80. The topological polar surface area (TPSA) is 86.8 Å². The number of hydrogen-bond donors (Lipinski definition) is 1.